The summed E-state index contributed by atoms with van der Waals surface area (Å²) in [4.78, 5) is 22.8. The molecule has 0 saturated carbocycles. The predicted molar refractivity (Wildman–Crippen MR) is 86.9 cm³/mol. The summed E-state index contributed by atoms with van der Waals surface area (Å²) < 4.78 is 10.4. The Morgan fingerprint density at radius 2 is 1.83 bits per heavy atom. The summed E-state index contributed by atoms with van der Waals surface area (Å²) in [6.45, 7) is 3.64. The van der Waals surface area contributed by atoms with E-state index in [9.17, 15) is 9.59 Å². The van der Waals surface area contributed by atoms with Crippen molar-refractivity contribution in [1.82, 2.24) is 5.32 Å². The van der Waals surface area contributed by atoms with Gasteiger partial charge in [-0.1, -0.05) is 6.07 Å². The Kier molecular flexibility index (Phi) is 6.88. The van der Waals surface area contributed by atoms with E-state index in [2.05, 4.69) is 5.32 Å². The number of aryl methyl sites for hydroxylation is 1. The molecule has 0 unspecified atom stereocenters. The minimum Gasteiger partial charge on any atom is -0.493 e. The van der Waals surface area contributed by atoms with E-state index in [-0.39, 0.29) is 5.91 Å². The van der Waals surface area contributed by atoms with Gasteiger partial charge in [0.2, 0.25) is 5.91 Å². The first kappa shape index (κ1) is 18.8. The molecule has 1 rings (SSSR count). The van der Waals surface area contributed by atoms with Gasteiger partial charge in [-0.2, -0.15) is 0 Å². The summed E-state index contributed by atoms with van der Waals surface area (Å²) in [5, 5.41) is 11.8. The molecular weight excluding hydrogens is 298 g/mol. The lowest BCUT2D eigenvalue weighted by molar-refractivity contribution is -0.147. The number of amides is 1. The Hall–Kier alpha value is -2.24. The number of carbonyl (C=O) groups is 2. The monoisotopic (exact) mass is 323 g/mol. The van der Waals surface area contributed by atoms with E-state index >= 15 is 0 Å². The minimum atomic E-state index is -0.864. The molecule has 0 atom stereocenters. The van der Waals surface area contributed by atoms with Crippen molar-refractivity contribution >= 4 is 11.9 Å². The second-order valence-corrected chi connectivity index (χ2v) is 5.98. The van der Waals surface area contributed by atoms with Crippen LogP contribution < -0.4 is 14.8 Å². The van der Waals surface area contributed by atoms with Gasteiger partial charge in [0.15, 0.2) is 11.5 Å². The van der Waals surface area contributed by atoms with Gasteiger partial charge >= 0.3 is 5.97 Å². The first-order chi connectivity index (χ1) is 10.8. The van der Waals surface area contributed by atoms with Gasteiger partial charge in [-0.25, -0.2) is 0 Å². The van der Waals surface area contributed by atoms with E-state index < -0.39 is 11.4 Å². The number of carbonyl (C=O) groups excluding carboxylic acids is 1. The molecule has 0 aliphatic heterocycles. The number of carboxylic acids is 1. The Balaban J connectivity index is 2.43. The topological polar surface area (TPSA) is 84.9 Å². The van der Waals surface area contributed by atoms with Crippen LogP contribution in [0, 0.1) is 5.41 Å². The van der Waals surface area contributed by atoms with Gasteiger partial charge in [-0.05, 0) is 44.4 Å². The molecular formula is C17H25NO5. The molecule has 0 aromatic heterocycles. The van der Waals surface area contributed by atoms with Crippen molar-refractivity contribution in [3.63, 3.8) is 0 Å². The van der Waals surface area contributed by atoms with Crippen molar-refractivity contribution in [1.29, 1.82) is 0 Å². The van der Waals surface area contributed by atoms with Crippen LogP contribution in [-0.4, -0.2) is 37.7 Å². The van der Waals surface area contributed by atoms with Gasteiger partial charge in [0.25, 0.3) is 0 Å². The molecule has 0 bridgehead atoms. The fraction of sp³-hybridized carbons (Fsp3) is 0.529. The third kappa shape index (κ3) is 5.81. The van der Waals surface area contributed by atoms with Crippen LogP contribution in [0.1, 0.15) is 32.3 Å². The number of aliphatic carboxylic acids is 1. The normalized spacial score (nSPS) is 11.0. The highest BCUT2D eigenvalue weighted by Crippen LogP contribution is 2.27. The number of nitrogens with one attached hydrogen (secondary N) is 1. The van der Waals surface area contributed by atoms with E-state index in [0.717, 1.165) is 5.56 Å². The maximum absolute atomic E-state index is 11.8. The van der Waals surface area contributed by atoms with Crippen LogP contribution in [0.3, 0.4) is 0 Å². The lowest BCUT2D eigenvalue weighted by atomic mass is 9.90. The molecule has 23 heavy (non-hydrogen) atoms. The quantitative estimate of drug-likeness (QED) is 0.728. The summed E-state index contributed by atoms with van der Waals surface area (Å²) >= 11 is 0. The Bertz CT molecular complexity index is 554. The Morgan fingerprint density at radius 1 is 1.17 bits per heavy atom. The Labute approximate surface area is 136 Å². The number of benzene rings is 1. The van der Waals surface area contributed by atoms with Crippen LogP contribution in [0.4, 0.5) is 0 Å². The van der Waals surface area contributed by atoms with Crippen molar-refractivity contribution in [3.05, 3.63) is 23.8 Å². The van der Waals surface area contributed by atoms with Crippen molar-refractivity contribution in [2.45, 2.75) is 33.1 Å². The molecule has 0 heterocycles. The largest absolute Gasteiger partial charge is 0.493 e. The predicted octanol–water partition coefficient (Wildman–Crippen LogP) is 2.25. The zero-order chi connectivity index (χ0) is 17.5. The van der Waals surface area contributed by atoms with Crippen LogP contribution in [0.5, 0.6) is 11.5 Å². The number of carboxylic acid groups (broad SMARTS) is 1. The highest BCUT2D eigenvalue weighted by molar-refractivity contribution is 5.76. The average Bonchev–Trinajstić information content (AvgIpc) is 2.52. The SMILES string of the molecule is COc1ccc(CCC(=O)NCCC(C)(C)C(=O)O)cc1OC. The number of methoxy groups -OCH3 is 2. The zero-order valence-electron chi connectivity index (χ0n) is 14.1. The molecule has 6 heteroatoms. The molecule has 0 saturated heterocycles. The standard InChI is InChI=1S/C17H25NO5/c1-17(2,16(20)21)9-10-18-15(19)8-6-12-5-7-13(22-3)14(11-12)23-4/h5,7,11H,6,8-10H2,1-4H3,(H,18,19)(H,20,21). The van der Waals surface area contributed by atoms with E-state index in [1.807, 2.05) is 12.1 Å². The van der Waals surface area contributed by atoms with Crippen LogP contribution in [0.2, 0.25) is 0 Å². The van der Waals surface area contributed by atoms with Crippen LogP contribution in [0.25, 0.3) is 0 Å². The smallest absolute Gasteiger partial charge is 0.309 e. The van der Waals surface area contributed by atoms with Gasteiger partial charge in [-0.3, -0.25) is 9.59 Å². The van der Waals surface area contributed by atoms with Gasteiger partial charge in [-0.15, -0.1) is 0 Å². The first-order valence-corrected chi connectivity index (χ1v) is 7.51. The van der Waals surface area contributed by atoms with Gasteiger partial charge in [0.1, 0.15) is 0 Å². The highest BCUT2D eigenvalue weighted by atomic mass is 16.5. The molecule has 1 amide bonds. The lowest BCUT2D eigenvalue weighted by Gasteiger charge is -2.18. The maximum atomic E-state index is 11.8. The summed E-state index contributed by atoms with van der Waals surface area (Å²) in [6.07, 6.45) is 1.31. The molecule has 2 N–H and O–H groups in total. The number of hydrogen-bond donors (Lipinski definition) is 2. The second kappa shape index (κ2) is 8.41. The first-order valence-electron chi connectivity index (χ1n) is 7.51. The second-order valence-electron chi connectivity index (χ2n) is 5.98. The summed E-state index contributed by atoms with van der Waals surface area (Å²) in [6, 6.07) is 5.54. The molecule has 6 nitrogen and oxygen atoms in total. The lowest BCUT2D eigenvalue weighted by Crippen LogP contribution is -2.32. The minimum absolute atomic E-state index is 0.0963. The maximum Gasteiger partial charge on any atom is 0.309 e. The highest BCUT2D eigenvalue weighted by Gasteiger charge is 2.26. The van der Waals surface area contributed by atoms with Gasteiger partial charge in [0.05, 0.1) is 19.6 Å². The molecule has 0 aliphatic rings. The third-order valence-electron chi connectivity index (χ3n) is 3.74. The summed E-state index contributed by atoms with van der Waals surface area (Å²) in [5.74, 6) is 0.322. The van der Waals surface area contributed by atoms with Crippen LogP contribution >= 0.6 is 0 Å². The molecule has 0 radical (unpaired) electrons. The Morgan fingerprint density at radius 3 is 2.39 bits per heavy atom. The summed E-state index contributed by atoms with van der Waals surface area (Å²) in [7, 11) is 3.14. The van der Waals surface area contributed by atoms with Crippen molar-refractivity contribution < 1.29 is 24.2 Å². The van der Waals surface area contributed by atoms with Gasteiger partial charge in [0, 0.05) is 13.0 Å². The van der Waals surface area contributed by atoms with E-state index in [4.69, 9.17) is 14.6 Å². The number of hydrogen-bond acceptors (Lipinski definition) is 4. The van der Waals surface area contributed by atoms with Crippen molar-refractivity contribution in [2.75, 3.05) is 20.8 Å². The van der Waals surface area contributed by atoms with E-state index in [1.54, 1.807) is 34.1 Å². The number of ether oxygens (including phenoxy) is 2. The summed E-state index contributed by atoms with van der Waals surface area (Å²) in [5.41, 5.74) is 0.139. The molecule has 1 aromatic rings. The molecule has 0 spiro atoms. The van der Waals surface area contributed by atoms with Crippen LogP contribution in [0.15, 0.2) is 18.2 Å². The fourth-order valence-corrected chi connectivity index (χ4v) is 2.00. The fourth-order valence-electron chi connectivity index (χ4n) is 2.00. The molecule has 128 valence electrons. The molecule has 0 fully saturated rings. The van der Waals surface area contributed by atoms with Crippen molar-refractivity contribution in [3.8, 4) is 11.5 Å². The van der Waals surface area contributed by atoms with E-state index in [1.165, 1.54) is 0 Å². The van der Waals surface area contributed by atoms with Crippen molar-refractivity contribution in [2.24, 2.45) is 5.41 Å². The third-order valence-corrected chi connectivity index (χ3v) is 3.74. The van der Waals surface area contributed by atoms with E-state index in [0.29, 0.717) is 37.3 Å². The molecule has 1 aromatic carbocycles. The van der Waals surface area contributed by atoms with Crippen LogP contribution in [-0.2, 0) is 16.0 Å². The number of rotatable bonds is 9. The van der Waals surface area contributed by atoms with Gasteiger partial charge < -0.3 is 19.9 Å². The molecule has 0 aliphatic carbocycles. The average molecular weight is 323 g/mol. The zero-order valence-corrected chi connectivity index (χ0v) is 14.1.